The Morgan fingerprint density at radius 3 is 2.82 bits per heavy atom. The molecule has 0 radical (unpaired) electrons. The molecule has 0 fully saturated rings. The summed E-state index contributed by atoms with van der Waals surface area (Å²) in [5.41, 5.74) is -0.914. The van der Waals surface area contributed by atoms with Crippen LogP contribution in [-0.4, -0.2) is 39.7 Å². The lowest BCUT2D eigenvalue weighted by molar-refractivity contribution is -0.000226. The highest BCUT2D eigenvalue weighted by Gasteiger charge is 2.34. The van der Waals surface area contributed by atoms with Gasteiger partial charge in [0.25, 0.3) is 0 Å². The third-order valence-electron chi connectivity index (χ3n) is 2.22. The molecule has 1 aromatic rings. The molecule has 1 rings (SSSR count). The number of rotatable bonds is 6. The van der Waals surface area contributed by atoms with Crippen LogP contribution in [-0.2, 0) is 0 Å². The van der Waals surface area contributed by atoms with Gasteiger partial charge in [0.2, 0.25) is 5.60 Å². The van der Waals surface area contributed by atoms with Crippen LogP contribution in [0.1, 0.15) is 12.1 Å². The standard InChI is InChI=1S/C10H12BrN3O3/c11-7-1-2-9(13-4-7)8(12)3-10(16,6-15)5-14-17/h1-2,4,12,15-16H,3,5-6H2/p+1. The van der Waals surface area contributed by atoms with Crippen molar-refractivity contribution in [3.05, 3.63) is 33.4 Å². The van der Waals surface area contributed by atoms with E-state index in [4.69, 9.17) is 15.6 Å². The van der Waals surface area contributed by atoms with Crippen LogP contribution >= 0.6 is 15.9 Å². The van der Waals surface area contributed by atoms with Crippen molar-refractivity contribution < 1.29 is 10.2 Å². The molecule has 92 valence electrons. The van der Waals surface area contributed by atoms with Crippen LogP contribution in [0.25, 0.3) is 0 Å². The molecule has 0 aliphatic carbocycles. The van der Waals surface area contributed by atoms with Crippen LogP contribution in [0.2, 0.25) is 0 Å². The summed E-state index contributed by atoms with van der Waals surface area (Å²) in [6.07, 6.45) is 1.48. The van der Waals surface area contributed by atoms with Crippen molar-refractivity contribution >= 4 is 21.6 Å². The fourth-order valence-electron chi connectivity index (χ4n) is 1.27. The van der Waals surface area contributed by atoms with E-state index in [0.29, 0.717) is 5.69 Å². The lowest BCUT2D eigenvalue weighted by Crippen LogP contribution is -2.39. The van der Waals surface area contributed by atoms with Crippen molar-refractivity contribution in [1.82, 2.24) is 4.98 Å². The molecule has 4 N–H and O–H groups in total. The first-order valence-electron chi connectivity index (χ1n) is 4.85. The van der Waals surface area contributed by atoms with E-state index in [1.54, 1.807) is 18.3 Å². The molecule has 0 amide bonds. The SMILES string of the molecule is N=C(CC([OH2+])(CO)CN=O)c1ccc(Br)cn1. The lowest BCUT2D eigenvalue weighted by atomic mass is 9.96. The fraction of sp³-hybridized carbons (Fsp3) is 0.400. The molecule has 1 unspecified atom stereocenters. The van der Waals surface area contributed by atoms with Crippen molar-refractivity contribution in [3.8, 4) is 0 Å². The summed E-state index contributed by atoms with van der Waals surface area (Å²) in [5.74, 6) is 0. The Bertz CT molecular complexity index is 410. The Balaban J connectivity index is 2.77. The average molecular weight is 303 g/mol. The van der Waals surface area contributed by atoms with Crippen molar-refractivity contribution in [1.29, 1.82) is 5.41 Å². The Morgan fingerprint density at radius 2 is 2.35 bits per heavy atom. The van der Waals surface area contributed by atoms with Crippen LogP contribution in [0.4, 0.5) is 0 Å². The summed E-state index contributed by atoms with van der Waals surface area (Å²) in [6.45, 7) is -0.861. The molecule has 0 aromatic carbocycles. The van der Waals surface area contributed by atoms with E-state index in [0.717, 1.165) is 4.47 Å². The van der Waals surface area contributed by atoms with Gasteiger partial charge in [0.15, 0.2) is 6.54 Å². The molecule has 17 heavy (non-hydrogen) atoms. The Labute approximate surface area is 106 Å². The smallest absolute Gasteiger partial charge is 0.215 e. The van der Waals surface area contributed by atoms with E-state index in [1.807, 2.05) is 0 Å². The number of aliphatic hydroxyl groups excluding tert-OH is 1. The first-order valence-corrected chi connectivity index (χ1v) is 5.64. The van der Waals surface area contributed by atoms with Gasteiger partial charge in [-0.25, -0.2) is 0 Å². The number of nitrogens with one attached hydrogen (secondary N) is 1. The van der Waals surface area contributed by atoms with Gasteiger partial charge in [-0.15, -0.1) is 0 Å². The second-order valence-corrected chi connectivity index (χ2v) is 4.66. The monoisotopic (exact) mass is 302 g/mol. The van der Waals surface area contributed by atoms with Gasteiger partial charge in [0.05, 0.1) is 17.8 Å². The normalized spacial score (nSPS) is 14.1. The average Bonchev–Trinajstić information content (AvgIpc) is 2.30. The van der Waals surface area contributed by atoms with Gasteiger partial charge in [0.1, 0.15) is 6.61 Å². The maximum Gasteiger partial charge on any atom is 0.215 e. The minimum atomic E-state index is -1.44. The van der Waals surface area contributed by atoms with Crippen molar-refractivity contribution in [2.24, 2.45) is 5.18 Å². The summed E-state index contributed by atoms with van der Waals surface area (Å²) >= 11 is 3.23. The van der Waals surface area contributed by atoms with E-state index >= 15 is 0 Å². The molecule has 6 nitrogen and oxygen atoms in total. The largest absolute Gasteiger partial charge is 0.438 e. The molecule has 0 saturated heterocycles. The van der Waals surface area contributed by atoms with Gasteiger partial charge in [-0.1, -0.05) is 5.18 Å². The van der Waals surface area contributed by atoms with Crippen molar-refractivity contribution in [2.45, 2.75) is 12.0 Å². The van der Waals surface area contributed by atoms with Crippen LogP contribution in [0.5, 0.6) is 0 Å². The third kappa shape index (κ3) is 3.95. The Kier molecular flexibility index (Phi) is 4.86. The second-order valence-electron chi connectivity index (χ2n) is 3.74. The highest BCUT2D eigenvalue weighted by atomic mass is 79.9. The topological polar surface area (TPSA) is 109 Å². The molecule has 1 aromatic heterocycles. The number of halogens is 1. The highest BCUT2D eigenvalue weighted by Crippen LogP contribution is 2.15. The van der Waals surface area contributed by atoms with Gasteiger partial charge in [-0.3, -0.25) is 4.98 Å². The van der Waals surface area contributed by atoms with E-state index < -0.39 is 12.2 Å². The van der Waals surface area contributed by atoms with Crippen LogP contribution in [0.15, 0.2) is 28.0 Å². The molecule has 1 heterocycles. The second kappa shape index (κ2) is 5.95. The molecular formula is C10H13BrN3O3+. The summed E-state index contributed by atoms with van der Waals surface area (Å²) in [4.78, 5) is 14.2. The maximum atomic E-state index is 10.2. The van der Waals surface area contributed by atoms with E-state index in [9.17, 15) is 4.91 Å². The number of aromatic nitrogens is 1. The van der Waals surface area contributed by atoms with E-state index in [2.05, 4.69) is 26.1 Å². The Hall–Kier alpha value is -1.18. The van der Waals surface area contributed by atoms with Crippen LogP contribution in [0.3, 0.4) is 0 Å². The number of pyridine rings is 1. The minimum absolute atomic E-state index is 0.0656. The summed E-state index contributed by atoms with van der Waals surface area (Å²) in [5, 5.41) is 27.2. The fourth-order valence-corrected chi connectivity index (χ4v) is 1.50. The zero-order valence-electron chi connectivity index (χ0n) is 8.98. The van der Waals surface area contributed by atoms with E-state index in [-0.39, 0.29) is 18.7 Å². The number of aliphatic hydroxyl groups is 1. The number of nitroso groups, excluding NO2 is 1. The first kappa shape index (κ1) is 13.9. The van der Waals surface area contributed by atoms with Crippen molar-refractivity contribution in [2.75, 3.05) is 13.2 Å². The molecular weight excluding hydrogens is 290 g/mol. The van der Waals surface area contributed by atoms with Gasteiger partial charge in [-0.2, -0.15) is 4.91 Å². The molecule has 0 saturated carbocycles. The quantitative estimate of drug-likeness (QED) is 0.461. The molecule has 0 spiro atoms. The maximum absolute atomic E-state index is 10.2. The van der Waals surface area contributed by atoms with Crippen molar-refractivity contribution in [3.63, 3.8) is 0 Å². The zero-order chi connectivity index (χ0) is 12.9. The van der Waals surface area contributed by atoms with Crippen LogP contribution < -0.4 is 0 Å². The number of hydrogen-bond acceptors (Lipinski definition) is 5. The first-order chi connectivity index (χ1) is 8.00. The minimum Gasteiger partial charge on any atom is -0.438 e. The Morgan fingerprint density at radius 1 is 1.65 bits per heavy atom. The zero-order valence-corrected chi connectivity index (χ0v) is 10.6. The molecule has 1 atom stereocenters. The highest BCUT2D eigenvalue weighted by molar-refractivity contribution is 9.10. The third-order valence-corrected chi connectivity index (χ3v) is 2.69. The predicted molar refractivity (Wildman–Crippen MR) is 67.5 cm³/mol. The number of nitrogens with zero attached hydrogens (tertiary/aromatic N) is 2. The van der Waals surface area contributed by atoms with Crippen LogP contribution in [0, 0.1) is 10.3 Å². The number of hydrogen-bond donors (Lipinski definition) is 2. The van der Waals surface area contributed by atoms with E-state index in [1.165, 1.54) is 0 Å². The predicted octanol–water partition coefficient (Wildman–Crippen LogP) is 0.824. The molecule has 0 aliphatic rings. The van der Waals surface area contributed by atoms with Gasteiger partial charge >= 0.3 is 0 Å². The summed E-state index contributed by atoms with van der Waals surface area (Å²) in [7, 11) is 0. The van der Waals surface area contributed by atoms with Gasteiger partial charge in [-0.05, 0) is 28.1 Å². The van der Waals surface area contributed by atoms with Gasteiger partial charge < -0.3 is 15.6 Å². The molecule has 7 heteroatoms. The summed E-state index contributed by atoms with van der Waals surface area (Å²) in [6, 6.07) is 3.37. The lowest BCUT2D eigenvalue weighted by Gasteiger charge is -2.18. The molecule has 0 aliphatic heterocycles. The molecule has 0 bridgehead atoms. The van der Waals surface area contributed by atoms with Gasteiger partial charge in [0, 0.05) is 10.7 Å². The summed E-state index contributed by atoms with van der Waals surface area (Å²) < 4.78 is 0.794.